The summed E-state index contributed by atoms with van der Waals surface area (Å²) < 4.78 is 11.2. The van der Waals surface area contributed by atoms with E-state index in [0.29, 0.717) is 30.3 Å². The lowest BCUT2D eigenvalue weighted by Gasteiger charge is -2.29. The number of carbonyl (C=O) groups is 1. The van der Waals surface area contributed by atoms with Crippen LogP contribution in [-0.4, -0.2) is 43.0 Å². The highest BCUT2D eigenvalue weighted by Gasteiger charge is 2.23. The zero-order valence-corrected chi connectivity index (χ0v) is 17.1. The van der Waals surface area contributed by atoms with Crippen LogP contribution in [0.3, 0.4) is 0 Å². The quantitative estimate of drug-likeness (QED) is 0.723. The Labute approximate surface area is 169 Å². The molecule has 2 aromatic carbocycles. The summed E-state index contributed by atoms with van der Waals surface area (Å²) in [6, 6.07) is 11.6. The molecule has 4 rings (SSSR count). The predicted octanol–water partition coefficient (Wildman–Crippen LogP) is 4.26. The van der Waals surface area contributed by atoms with E-state index in [2.05, 4.69) is 30.9 Å². The lowest BCUT2D eigenvalue weighted by Crippen LogP contribution is -2.36. The van der Waals surface area contributed by atoms with Gasteiger partial charge >= 0.3 is 0 Å². The highest BCUT2D eigenvalue weighted by Crippen LogP contribution is 2.32. The Bertz CT molecular complexity index is 926. The van der Waals surface area contributed by atoms with Gasteiger partial charge in [-0.15, -0.1) is 0 Å². The van der Waals surface area contributed by atoms with Crippen LogP contribution in [0.1, 0.15) is 27.9 Å². The third kappa shape index (κ3) is 3.87. The Morgan fingerprint density at radius 1 is 1.14 bits per heavy atom. The van der Waals surface area contributed by atoms with E-state index in [9.17, 15) is 4.79 Å². The van der Waals surface area contributed by atoms with Gasteiger partial charge in [-0.2, -0.15) is 0 Å². The molecule has 0 atom stereocenters. The van der Waals surface area contributed by atoms with Gasteiger partial charge in [0, 0.05) is 23.5 Å². The molecule has 0 saturated heterocycles. The van der Waals surface area contributed by atoms with Gasteiger partial charge < -0.3 is 14.4 Å². The summed E-state index contributed by atoms with van der Waals surface area (Å²) in [5.41, 5.74) is 4.04. The van der Waals surface area contributed by atoms with E-state index in [0.717, 1.165) is 29.6 Å². The van der Waals surface area contributed by atoms with Crippen molar-refractivity contribution in [1.82, 2.24) is 0 Å². The Morgan fingerprint density at radius 2 is 1.96 bits per heavy atom. The van der Waals surface area contributed by atoms with Gasteiger partial charge in [0.25, 0.3) is 0 Å². The number of aliphatic imine (C=N–C) groups is 1. The van der Waals surface area contributed by atoms with Crippen molar-refractivity contribution in [2.75, 3.05) is 37.0 Å². The monoisotopic (exact) mass is 396 g/mol. The maximum Gasteiger partial charge on any atom is 0.182 e. The molecule has 6 heteroatoms. The smallest absolute Gasteiger partial charge is 0.182 e. The Kier molecular flexibility index (Phi) is 5.57. The molecule has 0 spiro atoms. The van der Waals surface area contributed by atoms with E-state index in [1.807, 2.05) is 18.2 Å². The van der Waals surface area contributed by atoms with Gasteiger partial charge in [0.15, 0.2) is 22.4 Å². The summed E-state index contributed by atoms with van der Waals surface area (Å²) in [7, 11) is 0. The van der Waals surface area contributed by atoms with Gasteiger partial charge in [-0.05, 0) is 55.7 Å². The highest BCUT2D eigenvalue weighted by atomic mass is 32.2. The van der Waals surface area contributed by atoms with Gasteiger partial charge in [0.05, 0.1) is 6.54 Å². The van der Waals surface area contributed by atoms with E-state index in [1.54, 1.807) is 17.8 Å². The molecular weight excluding hydrogens is 372 g/mol. The number of Topliss-reactive ketones (excluding diaryl/α,β-unsaturated/α-hetero) is 1. The van der Waals surface area contributed by atoms with E-state index >= 15 is 0 Å². The summed E-state index contributed by atoms with van der Waals surface area (Å²) in [5, 5.41) is 0.922. The van der Waals surface area contributed by atoms with Crippen LogP contribution in [0.2, 0.25) is 0 Å². The second-order valence-corrected chi connectivity index (χ2v) is 8.02. The van der Waals surface area contributed by atoms with E-state index < -0.39 is 0 Å². The van der Waals surface area contributed by atoms with Gasteiger partial charge in [0.2, 0.25) is 0 Å². The zero-order chi connectivity index (χ0) is 19.5. The lowest BCUT2D eigenvalue weighted by atomic mass is 10.1. The third-order valence-corrected chi connectivity index (χ3v) is 6.14. The number of ether oxygens (including phenoxy) is 2. The molecule has 0 fully saturated rings. The fourth-order valence-electron chi connectivity index (χ4n) is 3.35. The molecular formula is C22H24N2O3S. The minimum atomic E-state index is 0.0340. The van der Waals surface area contributed by atoms with Crippen molar-refractivity contribution in [3.63, 3.8) is 0 Å². The molecule has 2 aromatic rings. The van der Waals surface area contributed by atoms with Crippen molar-refractivity contribution in [1.29, 1.82) is 0 Å². The van der Waals surface area contributed by atoms with Crippen LogP contribution in [0, 0.1) is 13.8 Å². The SMILES string of the molecule is Cc1cccc(N(CC(=O)c2ccc3c(c2)OCCO3)C2=NCCCS2)c1C. The topological polar surface area (TPSA) is 51.1 Å². The van der Waals surface area contributed by atoms with Crippen molar-refractivity contribution in [2.24, 2.45) is 4.99 Å². The Morgan fingerprint density at radius 3 is 2.75 bits per heavy atom. The van der Waals surface area contributed by atoms with Crippen LogP contribution >= 0.6 is 11.8 Å². The first-order valence-corrected chi connectivity index (χ1v) is 10.6. The second kappa shape index (κ2) is 8.27. The maximum absolute atomic E-state index is 13.2. The number of aryl methyl sites for hydroxylation is 1. The summed E-state index contributed by atoms with van der Waals surface area (Å²) in [6.07, 6.45) is 1.07. The fraction of sp³-hybridized carbons (Fsp3) is 0.364. The van der Waals surface area contributed by atoms with Crippen LogP contribution in [0.15, 0.2) is 41.4 Å². The normalized spacial score (nSPS) is 15.7. The van der Waals surface area contributed by atoms with Crippen LogP contribution < -0.4 is 14.4 Å². The molecule has 2 aliphatic rings. The molecule has 0 radical (unpaired) electrons. The van der Waals surface area contributed by atoms with Crippen LogP contribution in [0.25, 0.3) is 0 Å². The molecule has 0 saturated carbocycles. The summed E-state index contributed by atoms with van der Waals surface area (Å²) >= 11 is 1.72. The summed E-state index contributed by atoms with van der Waals surface area (Å²) in [5.74, 6) is 2.39. The van der Waals surface area contributed by atoms with Crippen LogP contribution in [0.4, 0.5) is 5.69 Å². The van der Waals surface area contributed by atoms with Gasteiger partial charge in [0.1, 0.15) is 13.2 Å². The first kappa shape index (κ1) is 18.9. The first-order chi connectivity index (χ1) is 13.6. The fourth-order valence-corrected chi connectivity index (χ4v) is 4.30. The second-order valence-electron chi connectivity index (χ2n) is 6.95. The van der Waals surface area contributed by atoms with Crippen LogP contribution in [0.5, 0.6) is 11.5 Å². The van der Waals surface area contributed by atoms with Crippen molar-refractivity contribution in [3.8, 4) is 11.5 Å². The molecule has 28 heavy (non-hydrogen) atoms. The molecule has 0 aliphatic carbocycles. The number of hydrogen-bond donors (Lipinski definition) is 0. The molecule has 5 nitrogen and oxygen atoms in total. The van der Waals surface area contributed by atoms with E-state index in [4.69, 9.17) is 14.5 Å². The molecule has 2 heterocycles. The lowest BCUT2D eigenvalue weighted by molar-refractivity contribution is 0.100. The number of benzene rings is 2. The van der Waals surface area contributed by atoms with Gasteiger partial charge in [-0.25, -0.2) is 0 Å². The molecule has 0 amide bonds. The van der Waals surface area contributed by atoms with Crippen LogP contribution in [-0.2, 0) is 0 Å². The molecule has 0 bridgehead atoms. The average molecular weight is 397 g/mol. The number of anilines is 1. The third-order valence-electron chi connectivity index (χ3n) is 5.04. The largest absolute Gasteiger partial charge is 0.486 e. The molecule has 0 unspecified atom stereocenters. The van der Waals surface area contributed by atoms with Crippen molar-refractivity contribution < 1.29 is 14.3 Å². The maximum atomic E-state index is 13.2. The highest BCUT2D eigenvalue weighted by molar-refractivity contribution is 8.14. The first-order valence-electron chi connectivity index (χ1n) is 9.57. The van der Waals surface area contributed by atoms with E-state index in [-0.39, 0.29) is 12.3 Å². The number of fused-ring (bicyclic) bond motifs is 1. The standard InChI is InChI=1S/C22H24N2O3S/c1-15-5-3-6-18(16(15)2)24(22-23-9-4-12-28-22)14-19(25)17-7-8-20-21(13-17)27-11-10-26-20/h3,5-8,13H,4,9-12,14H2,1-2H3. The summed E-state index contributed by atoms with van der Waals surface area (Å²) in [4.78, 5) is 19.9. The van der Waals surface area contributed by atoms with Crippen molar-refractivity contribution in [3.05, 3.63) is 53.1 Å². The zero-order valence-electron chi connectivity index (χ0n) is 16.2. The van der Waals surface area contributed by atoms with Crippen molar-refractivity contribution >= 4 is 28.4 Å². The minimum absolute atomic E-state index is 0.0340. The number of amidine groups is 1. The average Bonchev–Trinajstić information content (AvgIpc) is 2.74. The minimum Gasteiger partial charge on any atom is -0.486 e. The number of ketones is 1. The Hall–Kier alpha value is -2.47. The predicted molar refractivity (Wildman–Crippen MR) is 114 cm³/mol. The number of nitrogens with zero attached hydrogens (tertiary/aromatic N) is 2. The molecule has 2 aliphatic heterocycles. The number of carbonyl (C=O) groups excluding carboxylic acids is 1. The number of hydrogen-bond acceptors (Lipinski definition) is 6. The van der Waals surface area contributed by atoms with Gasteiger partial charge in [-0.3, -0.25) is 9.79 Å². The molecule has 0 N–H and O–H groups in total. The number of thioether (sulfide) groups is 1. The van der Waals surface area contributed by atoms with Gasteiger partial charge in [-0.1, -0.05) is 23.9 Å². The van der Waals surface area contributed by atoms with Crippen molar-refractivity contribution in [2.45, 2.75) is 20.3 Å². The Balaban J connectivity index is 1.64. The molecule has 146 valence electrons. The van der Waals surface area contributed by atoms with E-state index in [1.165, 1.54) is 11.1 Å². The number of rotatable bonds is 4. The summed E-state index contributed by atoms with van der Waals surface area (Å²) in [6.45, 7) is 6.29. The molecule has 0 aromatic heterocycles.